The molecule has 0 unspecified atom stereocenters. The van der Waals surface area contributed by atoms with Gasteiger partial charge in [0.15, 0.2) is 5.16 Å². The number of hydrogen-bond donors (Lipinski definition) is 1. The zero-order valence-electron chi connectivity index (χ0n) is 18.3. The van der Waals surface area contributed by atoms with E-state index in [0.29, 0.717) is 42.6 Å². The van der Waals surface area contributed by atoms with Crippen molar-refractivity contribution in [3.63, 3.8) is 0 Å². The Kier molecular flexibility index (Phi) is 6.92. The molecule has 172 valence electrons. The number of aromatic nitrogens is 2. The van der Waals surface area contributed by atoms with E-state index in [2.05, 4.69) is 10.3 Å². The van der Waals surface area contributed by atoms with Gasteiger partial charge in [0.2, 0.25) is 15.9 Å². The zero-order valence-corrected chi connectivity index (χ0v) is 19.9. The van der Waals surface area contributed by atoms with Gasteiger partial charge in [-0.3, -0.25) is 4.79 Å². The minimum atomic E-state index is -3.52. The lowest BCUT2D eigenvalue weighted by Gasteiger charge is -2.25. The van der Waals surface area contributed by atoms with Crippen LogP contribution in [0.15, 0.2) is 51.1 Å². The maximum atomic E-state index is 13.1. The van der Waals surface area contributed by atoms with Crippen LogP contribution in [0, 0.1) is 0 Å². The van der Waals surface area contributed by atoms with Gasteiger partial charge in [0.1, 0.15) is 5.76 Å². The van der Waals surface area contributed by atoms with Gasteiger partial charge in [-0.15, -0.1) is 0 Å². The molecule has 1 fully saturated rings. The predicted molar refractivity (Wildman–Crippen MR) is 124 cm³/mol. The second-order valence-corrected chi connectivity index (χ2v) is 11.1. The molecular formula is C22H28N4O4S2. The van der Waals surface area contributed by atoms with E-state index in [9.17, 15) is 13.2 Å². The zero-order chi connectivity index (χ0) is 22.7. The highest BCUT2D eigenvalue weighted by Crippen LogP contribution is 2.30. The topological polar surface area (TPSA) is 97.4 Å². The maximum Gasteiger partial charge on any atom is 0.243 e. The van der Waals surface area contributed by atoms with Crippen molar-refractivity contribution in [1.82, 2.24) is 19.2 Å². The molecular weight excluding hydrogens is 448 g/mol. The smallest absolute Gasteiger partial charge is 0.243 e. The van der Waals surface area contributed by atoms with Crippen LogP contribution >= 0.6 is 11.8 Å². The number of fused-ring (bicyclic) bond motifs is 1. The highest BCUT2D eigenvalue weighted by Gasteiger charge is 2.27. The lowest BCUT2D eigenvalue weighted by atomic mass is 10.2. The molecule has 0 aliphatic carbocycles. The van der Waals surface area contributed by atoms with E-state index in [1.165, 1.54) is 11.8 Å². The van der Waals surface area contributed by atoms with Gasteiger partial charge in [0.25, 0.3) is 0 Å². The van der Waals surface area contributed by atoms with Crippen molar-refractivity contribution >= 4 is 38.7 Å². The molecule has 2 aromatic heterocycles. The number of imidazole rings is 1. The Labute approximate surface area is 192 Å². The first kappa shape index (κ1) is 22.9. The van der Waals surface area contributed by atoms with Crippen LogP contribution in [0.25, 0.3) is 11.0 Å². The first-order valence-electron chi connectivity index (χ1n) is 10.9. The number of amides is 1. The molecule has 0 saturated carbocycles. The summed E-state index contributed by atoms with van der Waals surface area (Å²) < 4.78 is 34.9. The average Bonchev–Trinajstić information content (AvgIpc) is 3.44. The highest BCUT2D eigenvalue weighted by molar-refractivity contribution is 8.00. The number of hydrogen-bond acceptors (Lipinski definition) is 6. The van der Waals surface area contributed by atoms with Gasteiger partial charge in [-0.2, -0.15) is 4.31 Å². The van der Waals surface area contributed by atoms with Crippen molar-refractivity contribution in [2.45, 2.75) is 61.5 Å². The third-order valence-corrected chi connectivity index (χ3v) is 8.61. The van der Waals surface area contributed by atoms with Crippen molar-refractivity contribution in [2.24, 2.45) is 0 Å². The summed E-state index contributed by atoms with van der Waals surface area (Å²) in [6.45, 7) is 5.96. The van der Waals surface area contributed by atoms with E-state index < -0.39 is 10.0 Å². The van der Waals surface area contributed by atoms with Gasteiger partial charge in [-0.1, -0.05) is 18.2 Å². The molecule has 3 heterocycles. The SMILES string of the molecule is CCn1c(S[C@H](C)C(=O)NCc2ccco2)nc2cc(S(=O)(=O)N3CCCCC3)ccc21. The molecule has 10 heteroatoms. The maximum absolute atomic E-state index is 13.1. The number of carbonyl (C=O) groups is 1. The molecule has 8 nitrogen and oxygen atoms in total. The number of nitrogens with one attached hydrogen (secondary N) is 1. The molecule has 1 N–H and O–H groups in total. The standard InChI is InChI=1S/C22H28N4O4S2/c1-3-26-20-10-9-18(32(28,29)25-11-5-4-6-12-25)14-19(20)24-22(26)31-16(2)21(27)23-15-17-8-7-13-30-17/h7-10,13-14,16H,3-6,11-12,15H2,1-2H3,(H,23,27)/t16-/m1/s1. The monoisotopic (exact) mass is 476 g/mol. The highest BCUT2D eigenvalue weighted by atomic mass is 32.2. The number of aryl methyl sites for hydroxylation is 1. The normalized spacial score (nSPS) is 16.3. The summed E-state index contributed by atoms with van der Waals surface area (Å²) in [5.41, 5.74) is 1.48. The van der Waals surface area contributed by atoms with Crippen LogP contribution in [0.1, 0.15) is 38.9 Å². The Morgan fingerprint density at radius 3 is 2.72 bits per heavy atom. The lowest BCUT2D eigenvalue weighted by Crippen LogP contribution is -2.35. The Hall–Kier alpha value is -2.30. The Balaban J connectivity index is 1.53. The quantitative estimate of drug-likeness (QED) is 0.499. The van der Waals surface area contributed by atoms with E-state index in [0.717, 1.165) is 24.8 Å². The van der Waals surface area contributed by atoms with E-state index in [1.54, 1.807) is 28.8 Å². The summed E-state index contributed by atoms with van der Waals surface area (Å²) in [5, 5.41) is 3.19. The van der Waals surface area contributed by atoms with Crippen LogP contribution in [0.3, 0.4) is 0 Å². The lowest BCUT2D eigenvalue weighted by molar-refractivity contribution is -0.120. The molecule has 0 spiro atoms. The van der Waals surface area contributed by atoms with Gasteiger partial charge in [-0.25, -0.2) is 13.4 Å². The molecule has 1 amide bonds. The summed E-state index contributed by atoms with van der Waals surface area (Å²) in [4.78, 5) is 17.5. The van der Waals surface area contributed by atoms with E-state index in [-0.39, 0.29) is 16.1 Å². The van der Waals surface area contributed by atoms with Crippen LogP contribution in [-0.4, -0.2) is 46.5 Å². The second kappa shape index (κ2) is 9.68. The van der Waals surface area contributed by atoms with Crippen LogP contribution in [-0.2, 0) is 27.9 Å². The fourth-order valence-corrected chi connectivity index (χ4v) is 6.39. The molecule has 1 atom stereocenters. The van der Waals surface area contributed by atoms with Crippen molar-refractivity contribution in [3.05, 3.63) is 42.4 Å². The number of sulfonamides is 1. The number of piperidine rings is 1. The molecule has 1 saturated heterocycles. The molecule has 4 rings (SSSR count). The van der Waals surface area contributed by atoms with Gasteiger partial charge in [0.05, 0.1) is 34.0 Å². The van der Waals surface area contributed by atoms with Crippen LogP contribution < -0.4 is 5.32 Å². The average molecular weight is 477 g/mol. The summed E-state index contributed by atoms with van der Waals surface area (Å²) in [6.07, 6.45) is 4.43. The number of rotatable bonds is 8. The number of carbonyl (C=O) groups excluding carboxylic acids is 1. The molecule has 0 bridgehead atoms. The van der Waals surface area contributed by atoms with E-state index in [1.807, 2.05) is 30.5 Å². The van der Waals surface area contributed by atoms with E-state index in [4.69, 9.17) is 4.42 Å². The first-order chi connectivity index (χ1) is 15.4. The molecule has 1 aromatic carbocycles. The number of benzene rings is 1. The molecule has 1 aliphatic heterocycles. The third kappa shape index (κ3) is 4.72. The summed E-state index contributed by atoms with van der Waals surface area (Å²) in [7, 11) is -3.52. The Bertz CT molecular complexity index is 1180. The summed E-state index contributed by atoms with van der Waals surface area (Å²) in [5.74, 6) is 0.577. The van der Waals surface area contributed by atoms with E-state index >= 15 is 0 Å². The summed E-state index contributed by atoms with van der Waals surface area (Å²) in [6, 6.07) is 8.71. The van der Waals surface area contributed by atoms with Gasteiger partial charge < -0.3 is 14.3 Å². The minimum absolute atomic E-state index is 0.116. The second-order valence-electron chi connectivity index (χ2n) is 7.81. The van der Waals surface area contributed by atoms with Crippen LogP contribution in [0.2, 0.25) is 0 Å². The number of nitrogens with zero attached hydrogens (tertiary/aromatic N) is 3. The molecule has 1 aliphatic rings. The van der Waals surface area contributed by atoms with Gasteiger partial charge >= 0.3 is 0 Å². The largest absolute Gasteiger partial charge is 0.467 e. The first-order valence-corrected chi connectivity index (χ1v) is 13.2. The van der Waals surface area contributed by atoms with Crippen molar-refractivity contribution in [2.75, 3.05) is 13.1 Å². The molecule has 32 heavy (non-hydrogen) atoms. The molecule has 3 aromatic rings. The number of furan rings is 1. The third-order valence-electron chi connectivity index (χ3n) is 5.62. The van der Waals surface area contributed by atoms with Crippen molar-refractivity contribution in [1.29, 1.82) is 0 Å². The predicted octanol–water partition coefficient (Wildman–Crippen LogP) is 3.62. The van der Waals surface area contributed by atoms with Gasteiger partial charge in [-0.05, 0) is 57.0 Å². The molecule has 0 radical (unpaired) electrons. The van der Waals surface area contributed by atoms with Crippen LogP contribution in [0.4, 0.5) is 0 Å². The van der Waals surface area contributed by atoms with Crippen molar-refractivity contribution < 1.29 is 17.6 Å². The van der Waals surface area contributed by atoms with Crippen molar-refractivity contribution in [3.8, 4) is 0 Å². The van der Waals surface area contributed by atoms with Crippen LogP contribution in [0.5, 0.6) is 0 Å². The minimum Gasteiger partial charge on any atom is -0.467 e. The van der Waals surface area contributed by atoms with Gasteiger partial charge in [0, 0.05) is 19.6 Å². The Morgan fingerprint density at radius 1 is 1.25 bits per heavy atom. The fourth-order valence-electron chi connectivity index (χ4n) is 3.84. The number of thioether (sulfide) groups is 1. The summed E-state index contributed by atoms with van der Waals surface area (Å²) >= 11 is 1.36. The fraction of sp³-hybridized carbons (Fsp3) is 0.455. The Morgan fingerprint density at radius 2 is 2.03 bits per heavy atom.